The molecule has 1 N–H and O–H groups in total. The van der Waals surface area contributed by atoms with Crippen molar-refractivity contribution >= 4 is 0 Å². The van der Waals surface area contributed by atoms with Crippen LogP contribution in [0.3, 0.4) is 0 Å². The van der Waals surface area contributed by atoms with Crippen molar-refractivity contribution in [2.45, 2.75) is 45.8 Å². The first kappa shape index (κ1) is 13.6. The molecule has 0 amide bonds. The van der Waals surface area contributed by atoms with Gasteiger partial charge < -0.3 is 5.32 Å². The Balaban J connectivity index is 1.97. The zero-order chi connectivity index (χ0) is 13.1. The summed E-state index contributed by atoms with van der Waals surface area (Å²) >= 11 is 0. The van der Waals surface area contributed by atoms with Crippen molar-refractivity contribution < 1.29 is 0 Å². The van der Waals surface area contributed by atoms with E-state index in [9.17, 15) is 0 Å². The highest BCUT2D eigenvalue weighted by Crippen LogP contribution is 2.17. The molecule has 0 radical (unpaired) electrons. The van der Waals surface area contributed by atoms with E-state index in [0.29, 0.717) is 12.1 Å². The standard InChI is InChI=1S/C14H26N4/c1-5-11(2)14-10-18(12(3)6-15-14)9-13-7-16-17(4)8-13/h7-8,11-12,14-15H,5-6,9-10H2,1-4H3. The molecule has 1 aromatic heterocycles. The smallest absolute Gasteiger partial charge is 0.0534 e. The number of aromatic nitrogens is 2. The van der Waals surface area contributed by atoms with Crippen molar-refractivity contribution in [3.8, 4) is 0 Å². The van der Waals surface area contributed by atoms with Crippen LogP contribution in [-0.4, -0.2) is 39.9 Å². The first-order valence-electron chi connectivity index (χ1n) is 7.05. The van der Waals surface area contributed by atoms with Crippen molar-refractivity contribution in [3.05, 3.63) is 18.0 Å². The van der Waals surface area contributed by atoms with Gasteiger partial charge in [0.05, 0.1) is 6.20 Å². The molecule has 4 nitrogen and oxygen atoms in total. The summed E-state index contributed by atoms with van der Waals surface area (Å²) in [5, 5.41) is 7.93. The molecule has 1 fully saturated rings. The minimum Gasteiger partial charge on any atom is -0.311 e. The molecule has 1 aromatic rings. The SMILES string of the molecule is CCC(C)C1CN(Cc2cnn(C)c2)C(C)CN1. The Kier molecular flexibility index (Phi) is 4.40. The number of hydrogen-bond donors (Lipinski definition) is 1. The third kappa shape index (κ3) is 3.12. The molecular weight excluding hydrogens is 224 g/mol. The fourth-order valence-electron chi connectivity index (χ4n) is 2.62. The molecule has 3 unspecified atom stereocenters. The first-order chi connectivity index (χ1) is 8.60. The van der Waals surface area contributed by atoms with Gasteiger partial charge in [-0.1, -0.05) is 20.3 Å². The Hall–Kier alpha value is -0.870. The van der Waals surface area contributed by atoms with Gasteiger partial charge in [0, 0.05) is 50.5 Å². The summed E-state index contributed by atoms with van der Waals surface area (Å²) in [7, 11) is 1.98. The number of rotatable bonds is 4. The van der Waals surface area contributed by atoms with Gasteiger partial charge in [0.25, 0.3) is 0 Å². The molecular formula is C14H26N4. The Morgan fingerprint density at radius 3 is 2.94 bits per heavy atom. The normalized spacial score (nSPS) is 27.3. The second-order valence-electron chi connectivity index (χ2n) is 5.70. The van der Waals surface area contributed by atoms with Crippen molar-refractivity contribution in [2.24, 2.45) is 13.0 Å². The number of hydrogen-bond acceptors (Lipinski definition) is 3. The predicted molar refractivity (Wildman–Crippen MR) is 74.3 cm³/mol. The summed E-state index contributed by atoms with van der Waals surface area (Å²) in [5.41, 5.74) is 1.31. The lowest BCUT2D eigenvalue weighted by Gasteiger charge is -2.40. The maximum absolute atomic E-state index is 4.25. The third-order valence-corrected chi connectivity index (χ3v) is 4.20. The summed E-state index contributed by atoms with van der Waals surface area (Å²) in [4.78, 5) is 2.57. The van der Waals surface area contributed by atoms with Gasteiger partial charge in [-0.3, -0.25) is 9.58 Å². The van der Waals surface area contributed by atoms with Crippen molar-refractivity contribution in [1.82, 2.24) is 20.0 Å². The van der Waals surface area contributed by atoms with Crippen LogP contribution >= 0.6 is 0 Å². The molecule has 0 bridgehead atoms. The Morgan fingerprint density at radius 2 is 2.33 bits per heavy atom. The van der Waals surface area contributed by atoms with E-state index in [2.05, 4.69) is 42.3 Å². The average molecular weight is 250 g/mol. The van der Waals surface area contributed by atoms with E-state index in [0.717, 1.165) is 25.6 Å². The lowest BCUT2D eigenvalue weighted by atomic mass is 9.95. The van der Waals surface area contributed by atoms with Crippen LogP contribution in [0.5, 0.6) is 0 Å². The molecule has 1 saturated heterocycles. The van der Waals surface area contributed by atoms with Gasteiger partial charge in [-0.2, -0.15) is 5.10 Å². The Labute approximate surface area is 110 Å². The average Bonchev–Trinajstić information content (AvgIpc) is 2.76. The summed E-state index contributed by atoms with van der Waals surface area (Å²) in [5.74, 6) is 0.744. The molecule has 0 aliphatic carbocycles. The minimum atomic E-state index is 0.602. The van der Waals surface area contributed by atoms with Gasteiger partial charge in [0.1, 0.15) is 0 Å². The third-order valence-electron chi connectivity index (χ3n) is 4.20. The molecule has 4 heteroatoms. The Bertz CT molecular complexity index is 374. The fraction of sp³-hybridized carbons (Fsp3) is 0.786. The summed E-state index contributed by atoms with van der Waals surface area (Å²) in [6.07, 6.45) is 5.34. The van der Waals surface area contributed by atoms with E-state index in [-0.39, 0.29) is 0 Å². The lowest BCUT2D eigenvalue weighted by Crippen LogP contribution is -2.56. The fourth-order valence-corrected chi connectivity index (χ4v) is 2.62. The van der Waals surface area contributed by atoms with E-state index in [1.165, 1.54) is 12.0 Å². The number of piperazine rings is 1. The molecule has 0 saturated carbocycles. The van der Waals surface area contributed by atoms with E-state index in [1.54, 1.807) is 0 Å². The molecule has 0 spiro atoms. The van der Waals surface area contributed by atoms with Crippen LogP contribution in [0.25, 0.3) is 0 Å². The molecule has 2 rings (SSSR count). The number of nitrogens with one attached hydrogen (secondary N) is 1. The molecule has 0 aromatic carbocycles. The van der Waals surface area contributed by atoms with Gasteiger partial charge in [0.15, 0.2) is 0 Å². The van der Waals surface area contributed by atoms with Gasteiger partial charge in [0.2, 0.25) is 0 Å². The number of aryl methyl sites for hydroxylation is 1. The van der Waals surface area contributed by atoms with E-state index >= 15 is 0 Å². The summed E-state index contributed by atoms with van der Waals surface area (Å²) < 4.78 is 1.88. The predicted octanol–water partition coefficient (Wildman–Crippen LogP) is 1.63. The molecule has 102 valence electrons. The van der Waals surface area contributed by atoms with Crippen molar-refractivity contribution in [3.63, 3.8) is 0 Å². The van der Waals surface area contributed by atoms with Gasteiger partial charge in [-0.15, -0.1) is 0 Å². The van der Waals surface area contributed by atoms with Gasteiger partial charge in [-0.05, 0) is 12.8 Å². The van der Waals surface area contributed by atoms with Gasteiger partial charge >= 0.3 is 0 Å². The maximum atomic E-state index is 4.25. The summed E-state index contributed by atoms with van der Waals surface area (Å²) in [6.45, 7) is 10.2. The molecule has 2 heterocycles. The van der Waals surface area contributed by atoms with Crippen LogP contribution in [0.15, 0.2) is 12.4 Å². The zero-order valence-corrected chi connectivity index (χ0v) is 12.1. The minimum absolute atomic E-state index is 0.602. The zero-order valence-electron chi connectivity index (χ0n) is 12.1. The van der Waals surface area contributed by atoms with Gasteiger partial charge in [-0.25, -0.2) is 0 Å². The van der Waals surface area contributed by atoms with Crippen molar-refractivity contribution in [1.29, 1.82) is 0 Å². The second-order valence-corrected chi connectivity index (χ2v) is 5.70. The highest BCUT2D eigenvalue weighted by Gasteiger charge is 2.27. The van der Waals surface area contributed by atoms with Crippen LogP contribution in [0.1, 0.15) is 32.8 Å². The highest BCUT2D eigenvalue weighted by molar-refractivity contribution is 5.04. The van der Waals surface area contributed by atoms with E-state index in [1.807, 2.05) is 17.9 Å². The molecule has 18 heavy (non-hydrogen) atoms. The number of nitrogens with zero attached hydrogens (tertiary/aromatic N) is 3. The van der Waals surface area contributed by atoms with E-state index in [4.69, 9.17) is 0 Å². The quantitative estimate of drug-likeness (QED) is 0.881. The monoisotopic (exact) mass is 250 g/mol. The maximum Gasteiger partial charge on any atom is 0.0534 e. The Morgan fingerprint density at radius 1 is 1.56 bits per heavy atom. The van der Waals surface area contributed by atoms with Crippen LogP contribution in [0.4, 0.5) is 0 Å². The largest absolute Gasteiger partial charge is 0.311 e. The molecule has 3 atom stereocenters. The lowest BCUT2D eigenvalue weighted by molar-refractivity contribution is 0.112. The van der Waals surface area contributed by atoms with Crippen molar-refractivity contribution in [2.75, 3.05) is 13.1 Å². The van der Waals surface area contributed by atoms with E-state index < -0.39 is 0 Å². The summed E-state index contributed by atoms with van der Waals surface area (Å²) in [6, 6.07) is 1.23. The molecule has 1 aliphatic rings. The second kappa shape index (κ2) is 5.85. The van der Waals surface area contributed by atoms with Crippen LogP contribution < -0.4 is 5.32 Å². The highest BCUT2D eigenvalue weighted by atomic mass is 15.3. The topological polar surface area (TPSA) is 33.1 Å². The van der Waals surface area contributed by atoms with Crippen LogP contribution in [-0.2, 0) is 13.6 Å². The molecule has 1 aliphatic heterocycles. The van der Waals surface area contributed by atoms with Crippen LogP contribution in [0.2, 0.25) is 0 Å². The van der Waals surface area contributed by atoms with Crippen LogP contribution in [0, 0.1) is 5.92 Å². The first-order valence-corrected chi connectivity index (χ1v) is 7.05.